The van der Waals surface area contributed by atoms with Crippen LogP contribution in [0.1, 0.15) is 20.8 Å². The Morgan fingerprint density at radius 2 is 1.49 bits per heavy atom. The summed E-state index contributed by atoms with van der Waals surface area (Å²) in [5.41, 5.74) is 4.25. The van der Waals surface area contributed by atoms with Crippen molar-refractivity contribution in [3.8, 4) is 28.4 Å². The number of pyridine rings is 1. The first kappa shape index (κ1) is 43.8. The van der Waals surface area contributed by atoms with E-state index in [9.17, 15) is 8.42 Å². The van der Waals surface area contributed by atoms with Crippen molar-refractivity contribution < 1.29 is 41.6 Å². The summed E-state index contributed by atoms with van der Waals surface area (Å²) in [6.45, 7) is 20.1. The standard InChI is InChI=1S/C40H57ClN4O9SSi2/c1-40(2,3)57(7,8)54-34-25-52-36-33(24-51-37(34)36)53-39-44-38-32(45(39)26-50-21-22-56(4,5)6)23-31(41)35(43-38)29-11-9-27(10-12-29)28-13-15-30(16-14-28)55(47,48)42-17-19-49-20-18-46/h9-16,23,33-34,36-37,42,46H,17-22,24-26H2,1-8H3/t33-,34-,36-,37-/m1/s1. The summed E-state index contributed by atoms with van der Waals surface area (Å²) in [6.07, 6.45) is -1.08. The first-order valence-electron chi connectivity index (χ1n) is 19.5. The maximum absolute atomic E-state index is 12.7. The Balaban J connectivity index is 1.20. The number of benzene rings is 2. The molecule has 6 rings (SSSR count). The normalized spacial score (nSPS) is 20.4. The maximum atomic E-state index is 12.7. The number of rotatable bonds is 18. The minimum absolute atomic E-state index is 0.0611. The molecule has 2 N–H and O–H groups in total. The van der Waals surface area contributed by atoms with Gasteiger partial charge in [0.05, 0.1) is 60.3 Å². The highest BCUT2D eigenvalue weighted by atomic mass is 35.5. The van der Waals surface area contributed by atoms with Crippen LogP contribution in [0.15, 0.2) is 59.5 Å². The van der Waals surface area contributed by atoms with Crippen LogP contribution in [0.2, 0.25) is 48.8 Å². The van der Waals surface area contributed by atoms with Crippen molar-refractivity contribution in [1.29, 1.82) is 0 Å². The van der Waals surface area contributed by atoms with Gasteiger partial charge in [-0.15, -0.1) is 0 Å². The second-order valence-corrected chi connectivity index (χ2v) is 29.9. The van der Waals surface area contributed by atoms with E-state index < -0.39 is 32.5 Å². The molecule has 2 aliphatic heterocycles. The van der Waals surface area contributed by atoms with Crippen molar-refractivity contribution in [1.82, 2.24) is 19.3 Å². The number of aliphatic hydroxyl groups excluding tert-OH is 1. The van der Waals surface area contributed by atoms with Crippen LogP contribution in [0.3, 0.4) is 0 Å². The predicted molar refractivity (Wildman–Crippen MR) is 227 cm³/mol. The molecule has 2 fully saturated rings. The van der Waals surface area contributed by atoms with Crippen molar-refractivity contribution >= 4 is 49.2 Å². The van der Waals surface area contributed by atoms with Crippen molar-refractivity contribution in [2.45, 2.75) is 101 Å². The maximum Gasteiger partial charge on any atom is 0.301 e. The number of imidazole rings is 1. The molecule has 17 heteroatoms. The molecule has 2 aromatic carbocycles. The molecule has 0 aliphatic carbocycles. The molecule has 4 aromatic rings. The Bertz CT molecular complexity index is 2090. The SMILES string of the molecule is CC(C)(C)[Si](C)(C)O[C@@H]1CO[C@H]2[C@@H]1OC[C@H]2Oc1nc2nc(-c3ccc(-c4ccc(S(=O)(=O)NCCOCCO)cc4)cc3)c(Cl)cc2n1COCC[Si](C)(C)C. The van der Waals surface area contributed by atoms with Crippen LogP contribution in [0.25, 0.3) is 33.5 Å². The number of sulfonamides is 1. The van der Waals surface area contributed by atoms with Gasteiger partial charge in [-0.25, -0.2) is 18.1 Å². The van der Waals surface area contributed by atoms with E-state index in [1.165, 1.54) is 0 Å². The average Bonchev–Trinajstić information content (AvgIpc) is 3.83. The lowest BCUT2D eigenvalue weighted by atomic mass is 10.0. The summed E-state index contributed by atoms with van der Waals surface area (Å²) >= 11 is 6.95. The van der Waals surface area contributed by atoms with Crippen LogP contribution in [-0.2, 0) is 40.1 Å². The number of hydrogen-bond acceptors (Lipinski definition) is 11. The summed E-state index contributed by atoms with van der Waals surface area (Å²) in [5.74, 6) is 0. The first-order valence-corrected chi connectivity index (χ1v) is 28.0. The zero-order valence-electron chi connectivity index (χ0n) is 34.2. The molecule has 4 atom stereocenters. The van der Waals surface area contributed by atoms with E-state index in [2.05, 4.69) is 58.2 Å². The topological polar surface area (TPSA) is 152 Å². The van der Waals surface area contributed by atoms with Crippen molar-refractivity contribution in [3.63, 3.8) is 0 Å². The van der Waals surface area contributed by atoms with E-state index in [0.717, 1.165) is 22.7 Å². The number of hydrogen-bond donors (Lipinski definition) is 2. The molecule has 2 aromatic heterocycles. The molecular formula is C40H57ClN4O9SSi2. The lowest BCUT2D eigenvalue weighted by molar-refractivity contribution is 0.00691. The number of fused-ring (bicyclic) bond motifs is 2. The molecule has 2 aliphatic rings. The quantitative estimate of drug-likeness (QED) is 0.0790. The zero-order valence-corrected chi connectivity index (χ0v) is 37.8. The molecule has 0 amide bonds. The molecule has 0 spiro atoms. The molecule has 57 heavy (non-hydrogen) atoms. The van der Waals surface area contributed by atoms with Gasteiger partial charge < -0.3 is 33.2 Å². The fraction of sp³-hybridized carbons (Fsp3) is 0.550. The smallest absolute Gasteiger partial charge is 0.301 e. The van der Waals surface area contributed by atoms with E-state index >= 15 is 0 Å². The van der Waals surface area contributed by atoms with E-state index in [-0.39, 0.29) is 61.3 Å². The lowest BCUT2D eigenvalue weighted by Gasteiger charge is -2.39. The van der Waals surface area contributed by atoms with Gasteiger partial charge in [0, 0.05) is 26.8 Å². The van der Waals surface area contributed by atoms with Gasteiger partial charge in [-0.05, 0) is 53.5 Å². The Morgan fingerprint density at radius 1 is 0.877 bits per heavy atom. The molecular weight excluding hydrogens is 804 g/mol. The van der Waals surface area contributed by atoms with Gasteiger partial charge in [-0.3, -0.25) is 4.57 Å². The highest BCUT2D eigenvalue weighted by Crippen LogP contribution is 2.41. The summed E-state index contributed by atoms with van der Waals surface area (Å²) in [5, 5.41) is 9.32. The largest absolute Gasteiger partial charge is 0.456 e. The van der Waals surface area contributed by atoms with Crippen LogP contribution < -0.4 is 9.46 Å². The first-order chi connectivity index (χ1) is 26.9. The average molecular weight is 862 g/mol. The summed E-state index contributed by atoms with van der Waals surface area (Å²) in [6, 6.07) is 17.6. The molecule has 0 bridgehead atoms. The molecule has 312 valence electrons. The van der Waals surface area contributed by atoms with E-state index in [4.69, 9.17) is 54.8 Å². The molecule has 13 nitrogen and oxygen atoms in total. The van der Waals surface area contributed by atoms with Gasteiger partial charge in [-0.1, -0.05) is 88.4 Å². The molecule has 0 saturated carbocycles. The highest BCUT2D eigenvalue weighted by molar-refractivity contribution is 7.89. The summed E-state index contributed by atoms with van der Waals surface area (Å²) in [7, 11) is -7.07. The Morgan fingerprint density at radius 3 is 2.12 bits per heavy atom. The van der Waals surface area contributed by atoms with Crippen LogP contribution in [0.5, 0.6) is 6.01 Å². The van der Waals surface area contributed by atoms with Crippen LogP contribution >= 0.6 is 11.6 Å². The predicted octanol–water partition coefficient (Wildman–Crippen LogP) is 6.95. The van der Waals surface area contributed by atoms with Gasteiger partial charge in [0.1, 0.15) is 18.9 Å². The molecule has 0 radical (unpaired) electrons. The molecule has 2 saturated heterocycles. The molecule has 0 unspecified atom stereocenters. The minimum Gasteiger partial charge on any atom is -0.456 e. The van der Waals surface area contributed by atoms with Gasteiger partial charge in [0.2, 0.25) is 10.0 Å². The van der Waals surface area contributed by atoms with E-state index in [1.807, 2.05) is 34.9 Å². The van der Waals surface area contributed by atoms with Crippen molar-refractivity contribution in [2.24, 2.45) is 0 Å². The number of nitrogens with one attached hydrogen (secondary N) is 1. The Labute approximate surface area is 343 Å². The summed E-state index contributed by atoms with van der Waals surface area (Å²) < 4.78 is 67.0. The lowest BCUT2D eigenvalue weighted by Crippen LogP contribution is -2.47. The third kappa shape index (κ3) is 10.5. The highest BCUT2D eigenvalue weighted by Gasteiger charge is 2.52. The van der Waals surface area contributed by atoms with Crippen LogP contribution in [0.4, 0.5) is 0 Å². The van der Waals surface area contributed by atoms with Gasteiger partial charge in [0.15, 0.2) is 20.1 Å². The van der Waals surface area contributed by atoms with Crippen molar-refractivity contribution in [3.05, 3.63) is 59.6 Å². The number of halogens is 1. The Kier molecular flexibility index (Phi) is 13.7. The van der Waals surface area contributed by atoms with Crippen molar-refractivity contribution in [2.75, 3.05) is 46.2 Å². The number of aromatic nitrogens is 3. The summed E-state index contributed by atoms with van der Waals surface area (Å²) in [4.78, 5) is 9.95. The van der Waals surface area contributed by atoms with Crippen LogP contribution in [-0.4, -0.2) is 115 Å². The van der Waals surface area contributed by atoms with E-state index in [0.29, 0.717) is 47.7 Å². The fourth-order valence-electron chi connectivity index (χ4n) is 6.42. The third-order valence-corrected chi connectivity index (χ3v) is 18.8. The monoisotopic (exact) mass is 860 g/mol. The second kappa shape index (κ2) is 17.9. The zero-order chi connectivity index (χ0) is 41.2. The van der Waals surface area contributed by atoms with Gasteiger partial charge >= 0.3 is 6.01 Å². The van der Waals surface area contributed by atoms with Gasteiger partial charge in [-0.2, -0.15) is 4.98 Å². The Hall–Kier alpha value is -2.75. The van der Waals surface area contributed by atoms with Gasteiger partial charge in [0.25, 0.3) is 0 Å². The molecule has 4 heterocycles. The number of aliphatic hydroxyl groups is 1. The number of ether oxygens (including phenoxy) is 5. The third-order valence-electron chi connectivity index (χ3n) is 10.8. The van der Waals surface area contributed by atoms with E-state index in [1.54, 1.807) is 24.3 Å². The fourth-order valence-corrected chi connectivity index (χ4v) is 9.76. The minimum atomic E-state index is -3.70. The second-order valence-electron chi connectivity index (χ2n) is 17.3. The van der Waals surface area contributed by atoms with Crippen LogP contribution in [0, 0.1) is 0 Å². The number of nitrogens with zero attached hydrogens (tertiary/aromatic N) is 3.